The monoisotopic (exact) mass is 232 g/mol. The van der Waals surface area contributed by atoms with Crippen molar-refractivity contribution >= 4 is 11.6 Å². The number of hydrogen-bond donors (Lipinski definition) is 2. The summed E-state index contributed by atoms with van der Waals surface area (Å²) in [5.74, 6) is 0.126. The first-order valence-corrected chi connectivity index (χ1v) is 6.19. The number of nitrogen functional groups attached to an aromatic ring is 1. The summed E-state index contributed by atoms with van der Waals surface area (Å²) in [6.45, 7) is 3.03. The summed E-state index contributed by atoms with van der Waals surface area (Å²) in [6.07, 6.45) is 3.71. The maximum absolute atomic E-state index is 11.7. The minimum Gasteiger partial charge on any atom is -0.399 e. The third-order valence-electron chi connectivity index (χ3n) is 3.49. The molecular formula is C14H20N2O. The molecule has 1 aromatic rings. The number of amides is 1. The van der Waals surface area contributed by atoms with Crippen molar-refractivity contribution in [2.24, 2.45) is 5.41 Å². The summed E-state index contributed by atoms with van der Waals surface area (Å²) in [5.41, 5.74) is 8.03. The van der Waals surface area contributed by atoms with Crippen LogP contribution in [0.4, 0.5) is 5.69 Å². The van der Waals surface area contributed by atoms with Gasteiger partial charge in [0.15, 0.2) is 0 Å². The molecule has 1 aromatic carbocycles. The molecule has 1 fully saturated rings. The minimum atomic E-state index is 0.126. The molecule has 2 rings (SSSR count). The molecule has 0 aromatic heterocycles. The highest BCUT2D eigenvalue weighted by Gasteiger charge is 2.37. The molecule has 1 amide bonds. The molecule has 3 nitrogen and oxygen atoms in total. The second kappa shape index (κ2) is 4.78. The van der Waals surface area contributed by atoms with Crippen LogP contribution in [0.25, 0.3) is 0 Å². The van der Waals surface area contributed by atoms with Crippen LogP contribution in [0.1, 0.15) is 31.7 Å². The molecule has 0 saturated heterocycles. The number of hydrogen-bond acceptors (Lipinski definition) is 2. The normalized spacial score (nSPS) is 16.5. The number of benzene rings is 1. The molecule has 17 heavy (non-hydrogen) atoms. The van der Waals surface area contributed by atoms with E-state index in [1.165, 1.54) is 12.8 Å². The van der Waals surface area contributed by atoms with Crippen LogP contribution < -0.4 is 11.1 Å². The van der Waals surface area contributed by atoms with Crippen LogP contribution in [-0.4, -0.2) is 12.5 Å². The summed E-state index contributed by atoms with van der Waals surface area (Å²) in [5, 5.41) is 3.00. The molecule has 0 bridgehead atoms. The van der Waals surface area contributed by atoms with Gasteiger partial charge in [-0.2, -0.15) is 0 Å². The largest absolute Gasteiger partial charge is 0.399 e. The lowest BCUT2D eigenvalue weighted by molar-refractivity contribution is -0.121. The summed E-state index contributed by atoms with van der Waals surface area (Å²) < 4.78 is 0. The van der Waals surface area contributed by atoms with E-state index in [0.29, 0.717) is 11.8 Å². The van der Waals surface area contributed by atoms with Gasteiger partial charge in [0.05, 0.1) is 0 Å². The smallest absolute Gasteiger partial charge is 0.220 e. The Hall–Kier alpha value is -1.51. The van der Waals surface area contributed by atoms with Gasteiger partial charge in [-0.25, -0.2) is 0 Å². The van der Waals surface area contributed by atoms with Crippen molar-refractivity contribution in [3.8, 4) is 0 Å². The van der Waals surface area contributed by atoms with Crippen LogP contribution in [0.15, 0.2) is 24.3 Å². The van der Waals surface area contributed by atoms with Crippen molar-refractivity contribution in [2.75, 3.05) is 12.3 Å². The highest BCUT2D eigenvalue weighted by atomic mass is 16.1. The van der Waals surface area contributed by atoms with Crippen LogP contribution in [-0.2, 0) is 11.2 Å². The number of carbonyl (C=O) groups excluding carboxylic acids is 1. The third kappa shape index (κ3) is 3.48. The molecule has 1 aliphatic carbocycles. The standard InChI is InChI=1S/C14H20N2O/c1-14(8-9-14)10-16-13(17)7-6-11-4-2-3-5-12(11)15/h2-5H,6-10,15H2,1H3,(H,16,17). The Labute approximate surface area is 102 Å². The number of para-hydroxylation sites is 1. The van der Waals surface area contributed by atoms with Gasteiger partial charge >= 0.3 is 0 Å². The average Bonchev–Trinajstić information content (AvgIpc) is 3.04. The quantitative estimate of drug-likeness (QED) is 0.764. The molecule has 0 heterocycles. The van der Waals surface area contributed by atoms with Crippen molar-refractivity contribution in [1.82, 2.24) is 5.32 Å². The first kappa shape index (κ1) is 12.0. The van der Waals surface area contributed by atoms with E-state index in [-0.39, 0.29) is 5.91 Å². The summed E-state index contributed by atoms with van der Waals surface area (Å²) in [7, 11) is 0. The zero-order valence-corrected chi connectivity index (χ0v) is 10.3. The van der Waals surface area contributed by atoms with Gasteiger partial charge in [-0.1, -0.05) is 25.1 Å². The van der Waals surface area contributed by atoms with E-state index in [2.05, 4.69) is 12.2 Å². The van der Waals surface area contributed by atoms with Gasteiger partial charge < -0.3 is 11.1 Å². The van der Waals surface area contributed by atoms with Crippen LogP contribution in [0.3, 0.4) is 0 Å². The van der Waals surface area contributed by atoms with Crippen LogP contribution in [0.2, 0.25) is 0 Å². The zero-order chi connectivity index (χ0) is 12.3. The van der Waals surface area contributed by atoms with E-state index in [0.717, 1.165) is 24.2 Å². The topological polar surface area (TPSA) is 55.1 Å². The van der Waals surface area contributed by atoms with Crippen LogP contribution in [0.5, 0.6) is 0 Å². The Kier molecular flexibility index (Phi) is 3.36. The first-order valence-electron chi connectivity index (χ1n) is 6.19. The lowest BCUT2D eigenvalue weighted by atomic mass is 10.1. The van der Waals surface area contributed by atoms with Crippen molar-refractivity contribution in [2.45, 2.75) is 32.6 Å². The van der Waals surface area contributed by atoms with E-state index in [4.69, 9.17) is 5.73 Å². The average molecular weight is 232 g/mol. The van der Waals surface area contributed by atoms with E-state index >= 15 is 0 Å². The molecular weight excluding hydrogens is 212 g/mol. The molecule has 1 saturated carbocycles. The fraction of sp³-hybridized carbons (Fsp3) is 0.500. The van der Waals surface area contributed by atoms with E-state index < -0.39 is 0 Å². The second-order valence-corrected chi connectivity index (χ2v) is 5.29. The zero-order valence-electron chi connectivity index (χ0n) is 10.3. The van der Waals surface area contributed by atoms with Gasteiger partial charge in [0.25, 0.3) is 0 Å². The molecule has 1 aliphatic rings. The predicted molar refractivity (Wildman–Crippen MR) is 69.5 cm³/mol. The third-order valence-corrected chi connectivity index (χ3v) is 3.49. The van der Waals surface area contributed by atoms with Gasteiger partial charge in [-0.05, 0) is 36.3 Å². The number of rotatable bonds is 5. The van der Waals surface area contributed by atoms with Crippen molar-refractivity contribution < 1.29 is 4.79 Å². The van der Waals surface area contributed by atoms with Gasteiger partial charge in [0, 0.05) is 18.7 Å². The summed E-state index contributed by atoms with van der Waals surface area (Å²) in [4.78, 5) is 11.7. The van der Waals surface area contributed by atoms with E-state index in [1.807, 2.05) is 24.3 Å². The van der Waals surface area contributed by atoms with Gasteiger partial charge in [-0.15, -0.1) is 0 Å². The number of nitrogens with two attached hydrogens (primary N) is 1. The molecule has 3 N–H and O–H groups in total. The number of carbonyl (C=O) groups is 1. The van der Waals surface area contributed by atoms with Gasteiger partial charge in [0.2, 0.25) is 5.91 Å². The highest BCUT2D eigenvalue weighted by molar-refractivity contribution is 5.76. The lowest BCUT2D eigenvalue weighted by Gasteiger charge is -2.10. The predicted octanol–water partition coefficient (Wildman–Crippen LogP) is 2.12. The Morgan fingerprint density at radius 1 is 1.41 bits per heavy atom. The maximum Gasteiger partial charge on any atom is 0.220 e. The van der Waals surface area contributed by atoms with Crippen molar-refractivity contribution in [3.05, 3.63) is 29.8 Å². The Bertz CT molecular complexity index is 410. The van der Waals surface area contributed by atoms with E-state index in [1.54, 1.807) is 0 Å². The second-order valence-electron chi connectivity index (χ2n) is 5.29. The summed E-state index contributed by atoms with van der Waals surface area (Å²) >= 11 is 0. The number of anilines is 1. The molecule has 92 valence electrons. The molecule has 0 aliphatic heterocycles. The van der Waals surface area contributed by atoms with Gasteiger partial charge in [0.1, 0.15) is 0 Å². The highest BCUT2D eigenvalue weighted by Crippen LogP contribution is 2.43. The van der Waals surface area contributed by atoms with Gasteiger partial charge in [-0.3, -0.25) is 4.79 Å². The Balaban J connectivity index is 1.74. The van der Waals surface area contributed by atoms with Crippen molar-refractivity contribution in [1.29, 1.82) is 0 Å². The first-order chi connectivity index (χ1) is 8.09. The summed E-state index contributed by atoms with van der Waals surface area (Å²) in [6, 6.07) is 7.71. The van der Waals surface area contributed by atoms with Crippen molar-refractivity contribution in [3.63, 3.8) is 0 Å². The SMILES string of the molecule is CC1(CNC(=O)CCc2ccccc2N)CC1. The van der Waals surface area contributed by atoms with Crippen LogP contribution >= 0.6 is 0 Å². The fourth-order valence-corrected chi connectivity index (χ4v) is 1.80. The molecule has 3 heteroatoms. The molecule has 0 atom stereocenters. The minimum absolute atomic E-state index is 0.126. The molecule has 0 spiro atoms. The number of aryl methyl sites for hydroxylation is 1. The molecule has 0 unspecified atom stereocenters. The fourth-order valence-electron chi connectivity index (χ4n) is 1.80. The Morgan fingerprint density at radius 3 is 2.76 bits per heavy atom. The Morgan fingerprint density at radius 2 is 2.12 bits per heavy atom. The molecule has 0 radical (unpaired) electrons. The maximum atomic E-state index is 11.7. The van der Waals surface area contributed by atoms with Crippen LogP contribution in [0, 0.1) is 5.41 Å². The van der Waals surface area contributed by atoms with E-state index in [9.17, 15) is 4.79 Å². The lowest BCUT2D eigenvalue weighted by Crippen LogP contribution is -2.29. The number of nitrogens with one attached hydrogen (secondary N) is 1.